The highest BCUT2D eigenvalue weighted by Gasteiger charge is 2.22. The molecule has 6 nitrogen and oxygen atoms in total. The van der Waals surface area contributed by atoms with Crippen LogP contribution in [-0.2, 0) is 20.0 Å². The first-order valence-corrected chi connectivity index (χ1v) is 12.4. The molecule has 3 rings (SSSR count). The fourth-order valence-electron chi connectivity index (χ4n) is 2.53. The van der Waals surface area contributed by atoms with Gasteiger partial charge >= 0.3 is 0 Å². The molecule has 0 saturated heterocycles. The third-order valence-electron chi connectivity index (χ3n) is 4.02. The Balaban J connectivity index is 1.96. The summed E-state index contributed by atoms with van der Waals surface area (Å²) >= 11 is 17.8. The minimum absolute atomic E-state index is 0.0176. The van der Waals surface area contributed by atoms with Gasteiger partial charge in [0.15, 0.2) is 0 Å². The third-order valence-corrected chi connectivity index (χ3v) is 7.72. The van der Waals surface area contributed by atoms with Crippen molar-refractivity contribution in [3.8, 4) is 0 Å². The van der Waals surface area contributed by atoms with Crippen molar-refractivity contribution in [1.29, 1.82) is 0 Å². The van der Waals surface area contributed by atoms with Crippen molar-refractivity contribution in [2.45, 2.75) is 16.7 Å². The van der Waals surface area contributed by atoms with E-state index in [2.05, 4.69) is 9.44 Å². The number of nitrogens with one attached hydrogen (secondary N) is 2. The zero-order valence-electron chi connectivity index (χ0n) is 15.4. The standard InChI is InChI=1S/C19H15Cl3N2O4S2/c1-12-5-7-16(29(25,26)23-15-4-2-3-13(20)9-15)11-18(12)24-30(27,28)19-10-14(21)6-8-17(19)22/h2-11,23-24H,1H3. The van der Waals surface area contributed by atoms with Crippen molar-refractivity contribution in [3.63, 3.8) is 0 Å². The van der Waals surface area contributed by atoms with E-state index in [9.17, 15) is 16.8 Å². The lowest BCUT2D eigenvalue weighted by Gasteiger charge is -2.14. The minimum Gasteiger partial charge on any atom is -0.280 e. The lowest BCUT2D eigenvalue weighted by molar-refractivity contribution is 0.598. The van der Waals surface area contributed by atoms with E-state index in [4.69, 9.17) is 34.8 Å². The van der Waals surface area contributed by atoms with Gasteiger partial charge in [-0.2, -0.15) is 0 Å². The average Bonchev–Trinajstić information content (AvgIpc) is 2.64. The Bertz CT molecular complexity index is 1330. The SMILES string of the molecule is Cc1ccc(S(=O)(=O)Nc2cccc(Cl)c2)cc1NS(=O)(=O)c1cc(Cl)ccc1Cl. The molecular weight excluding hydrogens is 491 g/mol. The highest BCUT2D eigenvalue weighted by molar-refractivity contribution is 7.93. The van der Waals surface area contributed by atoms with Crippen LogP contribution in [0.1, 0.15) is 5.56 Å². The normalized spacial score (nSPS) is 11.9. The summed E-state index contributed by atoms with van der Waals surface area (Å²) < 4.78 is 55.8. The zero-order valence-corrected chi connectivity index (χ0v) is 19.3. The molecule has 0 bridgehead atoms. The van der Waals surface area contributed by atoms with Gasteiger partial charge in [-0.25, -0.2) is 16.8 Å². The molecule has 0 heterocycles. The summed E-state index contributed by atoms with van der Waals surface area (Å²) in [5, 5.41) is 0.542. The number of sulfonamides is 2. The van der Waals surface area contributed by atoms with E-state index in [-0.39, 0.29) is 31.2 Å². The Morgan fingerprint density at radius 1 is 0.733 bits per heavy atom. The molecule has 30 heavy (non-hydrogen) atoms. The second-order valence-electron chi connectivity index (χ2n) is 6.27. The van der Waals surface area contributed by atoms with Crippen LogP contribution in [0.4, 0.5) is 11.4 Å². The second kappa shape index (κ2) is 8.64. The lowest BCUT2D eigenvalue weighted by Crippen LogP contribution is -2.16. The number of halogens is 3. The summed E-state index contributed by atoms with van der Waals surface area (Å²) in [5.41, 5.74) is 0.870. The maximum atomic E-state index is 12.8. The number of aryl methyl sites for hydroxylation is 1. The topological polar surface area (TPSA) is 92.3 Å². The molecule has 3 aromatic rings. The Labute approximate surface area is 189 Å². The van der Waals surface area contributed by atoms with Gasteiger partial charge in [-0.15, -0.1) is 0 Å². The quantitative estimate of drug-likeness (QED) is 0.459. The van der Waals surface area contributed by atoms with Crippen LogP contribution >= 0.6 is 34.8 Å². The van der Waals surface area contributed by atoms with Gasteiger partial charge in [0.25, 0.3) is 20.0 Å². The van der Waals surface area contributed by atoms with Crippen molar-refractivity contribution in [2.24, 2.45) is 0 Å². The van der Waals surface area contributed by atoms with Crippen LogP contribution in [-0.4, -0.2) is 16.8 Å². The van der Waals surface area contributed by atoms with E-state index in [1.807, 2.05) is 0 Å². The largest absolute Gasteiger partial charge is 0.280 e. The van der Waals surface area contributed by atoms with Gasteiger partial charge in [0.2, 0.25) is 0 Å². The molecule has 0 spiro atoms. The van der Waals surface area contributed by atoms with Crippen molar-refractivity contribution < 1.29 is 16.8 Å². The number of rotatable bonds is 6. The number of hydrogen-bond donors (Lipinski definition) is 2. The van der Waals surface area contributed by atoms with Crippen LogP contribution in [0.2, 0.25) is 15.1 Å². The van der Waals surface area contributed by atoms with Crippen LogP contribution in [0.5, 0.6) is 0 Å². The lowest BCUT2D eigenvalue weighted by atomic mass is 10.2. The van der Waals surface area contributed by atoms with E-state index in [0.29, 0.717) is 10.6 Å². The summed E-state index contributed by atoms with van der Waals surface area (Å²) in [5.74, 6) is 0. The van der Waals surface area contributed by atoms with Crippen molar-refractivity contribution in [1.82, 2.24) is 0 Å². The summed E-state index contributed by atoms with van der Waals surface area (Å²) in [6, 6.07) is 14.3. The van der Waals surface area contributed by atoms with Gasteiger partial charge in [-0.1, -0.05) is 46.9 Å². The van der Waals surface area contributed by atoms with Gasteiger partial charge in [0, 0.05) is 10.0 Å². The van der Waals surface area contributed by atoms with Crippen LogP contribution < -0.4 is 9.44 Å². The van der Waals surface area contributed by atoms with Gasteiger partial charge in [0.1, 0.15) is 4.90 Å². The van der Waals surface area contributed by atoms with Crippen molar-refractivity contribution in [2.75, 3.05) is 9.44 Å². The van der Waals surface area contributed by atoms with Crippen LogP contribution in [0.15, 0.2) is 70.5 Å². The molecule has 0 amide bonds. The van der Waals surface area contributed by atoms with E-state index in [1.54, 1.807) is 25.1 Å². The number of hydrogen-bond acceptors (Lipinski definition) is 4. The third kappa shape index (κ3) is 5.19. The molecule has 0 aromatic heterocycles. The molecule has 0 aliphatic rings. The van der Waals surface area contributed by atoms with Crippen LogP contribution in [0, 0.1) is 6.92 Å². The molecule has 0 aliphatic carbocycles. The summed E-state index contributed by atoms with van der Waals surface area (Å²) in [6.45, 7) is 1.64. The fourth-order valence-corrected chi connectivity index (χ4v) is 5.68. The van der Waals surface area contributed by atoms with E-state index < -0.39 is 20.0 Å². The maximum Gasteiger partial charge on any atom is 0.263 e. The maximum absolute atomic E-state index is 12.8. The fraction of sp³-hybridized carbons (Fsp3) is 0.0526. The minimum atomic E-state index is -4.11. The average molecular weight is 506 g/mol. The molecule has 0 atom stereocenters. The highest BCUT2D eigenvalue weighted by Crippen LogP contribution is 2.29. The molecule has 0 radical (unpaired) electrons. The summed E-state index contributed by atoms with van der Waals surface area (Å²) in [6.07, 6.45) is 0. The van der Waals surface area contributed by atoms with Crippen molar-refractivity contribution >= 4 is 66.2 Å². The highest BCUT2D eigenvalue weighted by atomic mass is 35.5. The Kier molecular flexibility index (Phi) is 6.54. The monoisotopic (exact) mass is 504 g/mol. The van der Waals surface area contributed by atoms with Crippen LogP contribution in [0.25, 0.3) is 0 Å². The van der Waals surface area contributed by atoms with E-state index >= 15 is 0 Å². The first-order chi connectivity index (χ1) is 14.0. The van der Waals surface area contributed by atoms with E-state index in [1.165, 1.54) is 42.5 Å². The molecule has 2 N–H and O–H groups in total. The molecule has 158 valence electrons. The summed E-state index contributed by atoms with van der Waals surface area (Å²) in [4.78, 5) is -0.357. The molecule has 3 aromatic carbocycles. The first kappa shape index (κ1) is 22.7. The second-order valence-corrected chi connectivity index (χ2v) is 10.9. The van der Waals surface area contributed by atoms with Crippen molar-refractivity contribution in [3.05, 3.63) is 81.3 Å². The van der Waals surface area contributed by atoms with Gasteiger partial charge in [0.05, 0.1) is 21.3 Å². The Morgan fingerprint density at radius 2 is 1.43 bits per heavy atom. The molecule has 0 saturated carbocycles. The summed E-state index contributed by atoms with van der Waals surface area (Å²) in [7, 11) is -8.11. The molecule has 0 unspecified atom stereocenters. The Hall–Kier alpha value is -1.97. The smallest absolute Gasteiger partial charge is 0.263 e. The molecule has 0 fully saturated rings. The van der Waals surface area contributed by atoms with Gasteiger partial charge in [-0.05, 0) is 61.0 Å². The van der Waals surface area contributed by atoms with Crippen LogP contribution in [0.3, 0.4) is 0 Å². The molecule has 0 aliphatic heterocycles. The predicted octanol–water partition coefficient (Wildman–Crippen LogP) is 5.56. The molecule has 11 heteroatoms. The van der Waals surface area contributed by atoms with E-state index in [0.717, 1.165) is 0 Å². The predicted molar refractivity (Wildman–Crippen MR) is 121 cm³/mol. The number of benzene rings is 3. The zero-order chi connectivity index (χ0) is 22.1. The first-order valence-electron chi connectivity index (χ1n) is 8.35. The van der Waals surface area contributed by atoms with Gasteiger partial charge < -0.3 is 0 Å². The molecular formula is C19H15Cl3N2O4S2. The Morgan fingerprint density at radius 3 is 2.13 bits per heavy atom. The van der Waals surface area contributed by atoms with Gasteiger partial charge in [-0.3, -0.25) is 9.44 Å². The number of anilines is 2.